The Morgan fingerprint density at radius 1 is 1.39 bits per heavy atom. The van der Waals surface area contributed by atoms with Gasteiger partial charge >= 0.3 is 0 Å². The number of thiophene rings is 1. The molecule has 98 valence electrons. The summed E-state index contributed by atoms with van der Waals surface area (Å²) in [6.07, 6.45) is 0. The highest BCUT2D eigenvalue weighted by Gasteiger charge is 2.10. The van der Waals surface area contributed by atoms with Gasteiger partial charge in [0, 0.05) is 11.4 Å². The number of fused-ring (bicyclic) bond motifs is 1. The molecule has 2 aromatic rings. The van der Waals surface area contributed by atoms with E-state index in [0.717, 1.165) is 34.2 Å². The quantitative estimate of drug-likeness (QED) is 0.896. The molecule has 0 spiro atoms. The predicted octanol–water partition coefficient (Wildman–Crippen LogP) is 4.07. The number of nitrogens with zero attached hydrogens (tertiary/aromatic N) is 2. The number of hydrogen-bond acceptors (Lipinski definition) is 5. The van der Waals surface area contributed by atoms with Gasteiger partial charge < -0.3 is 5.32 Å². The van der Waals surface area contributed by atoms with Crippen LogP contribution in [0, 0.1) is 6.92 Å². The smallest absolute Gasteiger partial charge is 0.142 e. The molecule has 0 saturated heterocycles. The van der Waals surface area contributed by atoms with Crippen molar-refractivity contribution in [1.82, 2.24) is 9.97 Å². The van der Waals surface area contributed by atoms with E-state index in [4.69, 9.17) is 0 Å². The molecule has 0 bridgehead atoms. The first kappa shape index (κ1) is 13.6. The van der Waals surface area contributed by atoms with Crippen molar-refractivity contribution < 1.29 is 0 Å². The predicted molar refractivity (Wildman–Crippen MR) is 82.7 cm³/mol. The minimum absolute atomic E-state index is 0.608. The van der Waals surface area contributed by atoms with Crippen LogP contribution in [-0.4, -0.2) is 21.8 Å². The maximum absolute atomic E-state index is 4.66. The lowest BCUT2D eigenvalue weighted by atomic mass is 10.3. The van der Waals surface area contributed by atoms with Crippen LogP contribution < -0.4 is 5.32 Å². The van der Waals surface area contributed by atoms with E-state index in [2.05, 4.69) is 49.0 Å². The van der Waals surface area contributed by atoms with E-state index >= 15 is 0 Å². The molecule has 0 aliphatic carbocycles. The summed E-state index contributed by atoms with van der Waals surface area (Å²) in [5.74, 6) is 2.79. The van der Waals surface area contributed by atoms with Crippen molar-refractivity contribution in [2.75, 3.05) is 11.9 Å². The minimum Gasteiger partial charge on any atom is -0.370 e. The van der Waals surface area contributed by atoms with Crippen molar-refractivity contribution >= 4 is 39.1 Å². The molecule has 0 radical (unpaired) electrons. The van der Waals surface area contributed by atoms with Gasteiger partial charge in [-0.3, -0.25) is 0 Å². The number of thioether (sulfide) groups is 1. The van der Waals surface area contributed by atoms with Crippen LogP contribution in [0.1, 0.15) is 31.5 Å². The lowest BCUT2D eigenvalue weighted by Crippen LogP contribution is -2.03. The number of hydrogen-bond donors (Lipinski definition) is 1. The average molecular weight is 281 g/mol. The lowest BCUT2D eigenvalue weighted by molar-refractivity contribution is 1.04. The van der Waals surface area contributed by atoms with Crippen LogP contribution in [0.25, 0.3) is 10.2 Å². The number of nitrogens with one attached hydrogen (secondary N) is 1. The zero-order valence-electron chi connectivity index (χ0n) is 11.3. The molecular weight excluding hydrogens is 262 g/mol. The van der Waals surface area contributed by atoms with E-state index in [-0.39, 0.29) is 0 Å². The van der Waals surface area contributed by atoms with Crippen molar-refractivity contribution in [3.05, 3.63) is 16.8 Å². The van der Waals surface area contributed by atoms with E-state index in [0.29, 0.717) is 5.25 Å². The standard InChI is InChI=1S/C13H19N3S2/c1-5-14-12-10-6-9(4)18-13(10)16-11(15-12)7-17-8(2)3/h6,8H,5,7H2,1-4H3,(H,14,15,16). The van der Waals surface area contributed by atoms with E-state index in [1.807, 2.05) is 11.8 Å². The first-order valence-corrected chi connectivity index (χ1v) is 8.09. The Labute approximate surface area is 116 Å². The highest BCUT2D eigenvalue weighted by molar-refractivity contribution is 7.99. The van der Waals surface area contributed by atoms with Crippen molar-refractivity contribution in [2.45, 2.75) is 38.7 Å². The van der Waals surface area contributed by atoms with Crippen molar-refractivity contribution in [3.63, 3.8) is 0 Å². The zero-order chi connectivity index (χ0) is 13.1. The second kappa shape index (κ2) is 5.89. The molecule has 0 fully saturated rings. The summed E-state index contributed by atoms with van der Waals surface area (Å²) in [5.41, 5.74) is 0. The van der Waals surface area contributed by atoms with Crippen molar-refractivity contribution in [3.8, 4) is 0 Å². The Hall–Kier alpha value is -0.810. The minimum atomic E-state index is 0.608. The van der Waals surface area contributed by atoms with Gasteiger partial charge in [0.25, 0.3) is 0 Å². The SMILES string of the molecule is CCNc1nc(CSC(C)C)nc2sc(C)cc12. The van der Waals surface area contributed by atoms with E-state index < -0.39 is 0 Å². The third kappa shape index (κ3) is 3.14. The molecule has 0 aromatic carbocycles. The molecular formula is C13H19N3S2. The molecule has 0 amide bonds. The molecule has 3 nitrogen and oxygen atoms in total. The highest BCUT2D eigenvalue weighted by Crippen LogP contribution is 2.29. The van der Waals surface area contributed by atoms with Crippen LogP contribution in [-0.2, 0) is 5.75 Å². The largest absolute Gasteiger partial charge is 0.370 e. The van der Waals surface area contributed by atoms with Crippen LogP contribution in [0.4, 0.5) is 5.82 Å². The normalized spacial score (nSPS) is 11.4. The van der Waals surface area contributed by atoms with Gasteiger partial charge in [-0.2, -0.15) is 11.8 Å². The van der Waals surface area contributed by atoms with Crippen LogP contribution in [0.15, 0.2) is 6.07 Å². The summed E-state index contributed by atoms with van der Waals surface area (Å²) in [5, 5.41) is 5.10. The van der Waals surface area contributed by atoms with Gasteiger partial charge in [0.1, 0.15) is 16.5 Å². The van der Waals surface area contributed by atoms with E-state index in [1.54, 1.807) is 11.3 Å². The summed E-state index contributed by atoms with van der Waals surface area (Å²) in [4.78, 5) is 11.7. The van der Waals surface area contributed by atoms with Crippen molar-refractivity contribution in [1.29, 1.82) is 0 Å². The fraction of sp³-hybridized carbons (Fsp3) is 0.538. The number of anilines is 1. The molecule has 0 saturated carbocycles. The fourth-order valence-corrected chi connectivity index (χ4v) is 3.20. The van der Waals surface area contributed by atoms with Crippen LogP contribution >= 0.6 is 23.1 Å². The molecule has 0 unspecified atom stereocenters. The summed E-state index contributed by atoms with van der Waals surface area (Å²) < 4.78 is 0. The number of aromatic nitrogens is 2. The maximum Gasteiger partial charge on any atom is 0.142 e. The number of rotatable bonds is 5. The Bertz CT molecular complexity index is 534. The Morgan fingerprint density at radius 2 is 2.17 bits per heavy atom. The summed E-state index contributed by atoms with van der Waals surface area (Å²) in [7, 11) is 0. The first-order chi connectivity index (χ1) is 8.60. The van der Waals surface area contributed by atoms with E-state index in [9.17, 15) is 0 Å². The third-order valence-electron chi connectivity index (χ3n) is 2.45. The summed E-state index contributed by atoms with van der Waals surface area (Å²) in [6, 6.07) is 2.16. The van der Waals surface area contributed by atoms with Gasteiger partial charge in [0.15, 0.2) is 0 Å². The zero-order valence-corrected chi connectivity index (χ0v) is 12.9. The number of aryl methyl sites for hydroxylation is 1. The highest BCUT2D eigenvalue weighted by atomic mass is 32.2. The maximum atomic E-state index is 4.66. The molecule has 2 heterocycles. The molecule has 0 atom stereocenters. The van der Waals surface area contributed by atoms with Crippen molar-refractivity contribution in [2.24, 2.45) is 0 Å². The van der Waals surface area contributed by atoms with Crippen LogP contribution in [0.2, 0.25) is 0 Å². The topological polar surface area (TPSA) is 37.8 Å². The monoisotopic (exact) mass is 281 g/mol. The van der Waals surface area contributed by atoms with Gasteiger partial charge in [0.2, 0.25) is 0 Å². The first-order valence-electron chi connectivity index (χ1n) is 6.22. The van der Waals surface area contributed by atoms with Gasteiger partial charge in [-0.25, -0.2) is 9.97 Å². The van der Waals surface area contributed by atoms with Gasteiger partial charge in [-0.05, 0) is 25.2 Å². The van der Waals surface area contributed by atoms with Gasteiger partial charge in [-0.15, -0.1) is 11.3 Å². The van der Waals surface area contributed by atoms with Gasteiger partial charge in [-0.1, -0.05) is 13.8 Å². The van der Waals surface area contributed by atoms with Crippen LogP contribution in [0.3, 0.4) is 0 Å². The molecule has 18 heavy (non-hydrogen) atoms. The Kier molecular flexibility index (Phi) is 4.45. The Balaban J connectivity index is 2.36. The van der Waals surface area contributed by atoms with Gasteiger partial charge in [0.05, 0.1) is 11.1 Å². The molecule has 1 N–H and O–H groups in total. The fourth-order valence-electron chi connectivity index (χ4n) is 1.69. The molecule has 0 aliphatic heterocycles. The average Bonchev–Trinajstić information content (AvgIpc) is 2.67. The summed E-state index contributed by atoms with van der Waals surface area (Å²) in [6.45, 7) is 9.49. The molecule has 2 aromatic heterocycles. The summed E-state index contributed by atoms with van der Waals surface area (Å²) >= 11 is 3.62. The second-order valence-electron chi connectivity index (χ2n) is 4.45. The molecule has 5 heteroatoms. The molecule has 2 rings (SSSR count). The van der Waals surface area contributed by atoms with E-state index in [1.165, 1.54) is 4.88 Å². The third-order valence-corrected chi connectivity index (χ3v) is 4.49. The Morgan fingerprint density at radius 3 is 2.83 bits per heavy atom. The lowest BCUT2D eigenvalue weighted by Gasteiger charge is -2.08. The molecule has 0 aliphatic rings. The van der Waals surface area contributed by atoms with Crippen LogP contribution in [0.5, 0.6) is 0 Å². The second-order valence-corrected chi connectivity index (χ2v) is 7.25.